The van der Waals surface area contributed by atoms with E-state index in [-0.39, 0.29) is 24.8 Å². The van der Waals surface area contributed by atoms with Gasteiger partial charge in [0.1, 0.15) is 23.4 Å². The average Bonchev–Trinajstić information content (AvgIpc) is 3.61. The minimum atomic E-state index is -0.551. The van der Waals surface area contributed by atoms with Crippen molar-refractivity contribution in [2.75, 3.05) is 16.8 Å². The van der Waals surface area contributed by atoms with Crippen LogP contribution in [0.2, 0.25) is 5.02 Å². The van der Waals surface area contributed by atoms with E-state index in [2.05, 4.69) is 15.6 Å². The molecule has 1 aliphatic rings. The van der Waals surface area contributed by atoms with Gasteiger partial charge in [-0.15, -0.1) is 11.3 Å². The number of Topliss-reactive ketones (excluding diaryl/α,β-unsaturated/α-hetero) is 1. The number of rotatable bonds is 11. The van der Waals surface area contributed by atoms with Gasteiger partial charge in [-0.3, -0.25) is 9.69 Å². The molecule has 0 unspecified atom stereocenters. The van der Waals surface area contributed by atoms with Crippen LogP contribution in [0.5, 0.6) is 0 Å². The molecule has 2 N–H and O–H groups in total. The molecule has 1 saturated heterocycles. The highest BCUT2D eigenvalue weighted by Gasteiger charge is 2.32. The van der Waals surface area contributed by atoms with Gasteiger partial charge in [-0.25, -0.2) is 14.2 Å². The molecule has 0 bridgehead atoms. The zero-order valence-electron chi connectivity index (χ0n) is 22.7. The van der Waals surface area contributed by atoms with Crippen molar-refractivity contribution in [2.24, 2.45) is 0 Å². The summed E-state index contributed by atoms with van der Waals surface area (Å²) >= 11 is 7.27. The lowest BCUT2D eigenvalue weighted by molar-refractivity contribution is -0.117. The molecule has 0 aliphatic carbocycles. The Morgan fingerprint density at radius 1 is 1.07 bits per heavy atom. The number of hydrogen-bond acceptors (Lipinski definition) is 7. The minimum Gasteiger partial charge on any atom is -0.444 e. The summed E-state index contributed by atoms with van der Waals surface area (Å²) in [6, 6.07) is 19.3. The van der Waals surface area contributed by atoms with Crippen LogP contribution in [-0.2, 0) is 22.6 Å². The second-order valence-electron chi connectivity index (χ2n) is 9.92. The second kappa shape index (κ2) is 13.1. The lowest BCUT2D eigenvalue weighted by Crippen LogP contribution is -2.24. The Hall–Kier alpha value is -4.28. The largest absolute Gasteiger partial charge is 0.444 e. The molecule has 5 rings (SSSR count). The first kappa shape index (κ1) is 29.2. The van der Waals surface area contributed by atoms with Crippen LogP contribution in [0.25, 0.3) is 11.1 Å². The Labute approximate surface area is 251 Å². The summed E-state index contributed by atoms with van der Waals surface area (Å²) in [7, 11) is 0. The number of carbonyl (C=O) groups is 3. The third kappa shape index (κ3) is 7.32. The van der Waals surface area contributed by atoms with Gasteiger partial charge >= 0.3 is 6.09 Å². The molecule has 0 saturated carbocycles. The van der Waals surface area contributed by atoms with Crippen molar-refractivity contribution < 1.29 is 23.5 Å². The molecule has 1 fully saturated rings. The molecule has 1 atom stereocenters. The van der Waals surface area contributed by atoms with E-state index in [4.69, 9.17) is 16.3 Å². The SMILES string of the molecule is CC(=O)CC[C@H]1CN(c2ccc(-c3ccc(CNC(=O)c4csc(NCc5ccc(Cl)cc5)n4)cc3)c(F)c2)C(=O)O1. The Morgan fingerprint density at radius 2 is 1.79 bits per heavy atom. The summed E-state index contributed by atoms with van der Waals surface area (Å²) < 4.78 is 20.4. The first-order chi connectivity index (χ1) is 20.2. The predicted molar refractivity (Wildman–Crippen MR) is 161 cm³/mol. The fourth-order valence-electron chi connectivity index (χ4n) is 4.47. The number of benzene rings is 3. The van der Waals surface area contributed by atoms with Crippen LogP contribution >= 0.6 is 22.9 Å². The Bertz CT molecular complexity index is 1590. The number of halogens is 2. The molecule has 1 aromatic heterocycles. The molecule has 11 heteroatoms. The molecule has 2 amide bonds. The minimum absolute atomic E-state index is 0.0287. The van der Waals surface area contributed by atoms with Crippen molar-refractivity contribution in [1.29, 1.82) is 0 Å². The lowest BCUT2D eigenvalue weighted by atomic mass is 10.0. The zero-order valence-corrected chi connectivity index (χ0v) is 24.3. The van der Waals surface area contributed by atoms with Gasteiger partial charge in [-0.2, -0.15) is 0 Å². The fraction of sp³-hybridized carbons (Fsp3) is 0.226. The standard InChI is InChI=1S/C31H28ClFN4O4S/c1-19(38)2-12-25-17-37(31(40)41-25)24-11-13-26(27(33)14-24)22-7-3-20(4-8-22)15-34-29(39)28-18-42-30(36-28)35-16-21-5-9-23(32)10-6-21/h3-11,13-14,18,25H,2,12,15-17H2,1H3,(H,34,39)(H,35,36)/t25-/m0/s1. The van der Waals surface area contributed by atoms with Crippen LogP contribution in [0.15, 0.2) is 72.1 Å². The molecular formula is C31H28ClFN4O4S. The van der Waals surface area contributed by atoms with Crippen molar-refractivity contribution >= 4 is 51.5 Å². The van der Waals surface area contributed by atoms with Gasteiger partial charge in [0.15, 0.2) is 5.13 Å². The normalized spacial score (nSPS) is 14.5. The van der Waals surface area contributed by atoms with Crippen molar-refractivity contribution in [3.8, 4) is 11.1 Å². The number of cyclic esters (lactones) is 1. The maximum Gasteiger partial charge on any atom is 0.414 e. The van der Waals surface area contributed by atoms with Gasteiger partial charge in [-0.05, 0) is 60.4 Å². The molecule has 2 heterocycles. The third-order valence-electron chi connectivity index (χ3n) is 6.77. The topological polar surface area (TPSA) is 101 Å². The molecule has 42 heavy (non-hydrogen) atoms. The highest BCUT2D eigenvalue weighted by atomic mass is 35.5. The van der Waals surface area contributed by atoms with Crippen molar-refractivity contribution in [3.05, 3.63) is 99.8 Å². The highest BCUT2D eigenvalue weighted by Crippen LogP contribution is 2.30. The van der Waals surface area contributed by atoms with Crippen LogP contribution in [0, 0.1) is 5.82 Å². The predicted octanol–water partition coefficient (Wildman–Crippen LogP) is 6.84. The maximum absolute atomic E-state index is 15.1. The molecular weight excluding hydrogens is 579 g/mol. The average molecular weight is 607 g/mol. The van der Waals surface area contributed by atoms with E-state index in [0.29, 0.717) is 52.0 Å². The van der Waals surface area contributed by atoms with Crippen LogP contribution in [0.3, 0.4) is 0 Å². The number of aromatic nitrogens is 1. The highest BCUT2D eigenvalue weighted by molar-refractivity contribution is 7.13. The smallest absolute Gasteiger partial charge is 0.414 e. The van der Waals surface area contributed by atoms with Gasteiger partial charge < -0.3 is 20.2 Å². The first-order valence-electron chi connectivity index (χ1n) is 13.3. The van der Waals surface area contributed by atoms with E-state index in [0.717, 1.165) is 11.1 Å². The maximum atomic E-state index is 15.1. The summed E-state index contributed by atoms with van der Waals surface area (Å²) in [5.41, 5.74) is 3.66. The van der Waals surface area contributed by atoms with E-state index in [1.165, 1.54) is 29.2 Å². The second-order valence-corrected chi connectivity index (χ2v) is 11.2. The quantitative estimate of drug-likeness (QED) is 0.194. The Morgan fingerprint density at radius 3 is 2.50 bits per heavy atom. The van der Waals surface area contributed by atoms with E-state index in [1.807, 2.05) is 36.4 Å². The fourth-order valence-corrected chi connectivity index (χ4v) is 5.28. The number of hydrogen-bond donors (Lipinski definition) is 2. The van der Waals surface area contributed by atoms with Gasteiger partial charge in [-0.1, -0.05) is 48.0 Å². The van der Waals surface area contributed by atoms with Crippen LogP contribution in [0.4, 0.5) is 20.0 Å². The number of anilines is 2. The summed E-state index contributed by atoms with van der Waals surface area (Å²) in [5, 5.41) is 9.08. The van der Waals surface area contributed by atoms with Gasteiger partial charge in [0.05, 0.1) is 12.2 Å². The van der Waals surface area contributed by atoms with Gasteiger partial charge in [0, 0.05) is 35.5 Å². The molecule has 216 valence electrons. The van der Waals surface area contributed by atoms with E-state index in [1.54, 1.807) is 29.6 Å². The summed E-state index contributed by atoms with van der Waals surface area (Å²) in [6.45, 7) is 2.61. The van der Waals surface area contributed by atoms with Gasteiger partial charge in [0.25, 0.3) is 5.91 Å². The number of ether oxygens (including phenoxy) is 1. The van der Waals surface area contributed by atoms with E-state index in [9.17, 15) is 14.4 Å². The summed E-state index contributed by atoms with van der Waals surface area (Å²) in [6.07, 6.45) is -0.178. The van der Waals surface area contributed by atoms with E-state index < -0.39 is 18.0 Å². The molecule has 1 aliphatic heterocycles. The number of carbonyl (C=O) groups excluding carboxylic acids is 3. The van der Waals surface area contributed by atoms with Gasteiger partial charge in [0.2, 0.25) is 0 Å². The Balaban J connectivity index is 1.14. The molecule has 4 aromatic rings. The van der Waals surface area contributed by atoms with Crippen LogP contribution < -0.4 is 15.5 Å². The number of nitrogens with one attached hydrogen (secondary N) is 2. The van der Waals surface area contributed by atoms with Crippen LogP contribution in [0.1, 0.15) is 41.4 Å². The number of ketones is 1. The molecule has 3 aromatic carbocycles. The summed E-state index contributed by atoms with van der Waals surface area (Å²) in [5.74, 6) is -0.737. The monoisotopic (exact) mass is 606 g/mol. The third-order valence-corrected chi connectivity index (χ3v) is 7.82. The number of thiazole rings is 1. The molecule has 0 spiro atoms. The first-order valence-corrected chi connectivity index (χ1v) is 14.6. The van der Waals surface area contributed by atoms with Crippen LogP contribution in [-0.4, -0.2) is 35.4 Å². The molecule has 8 nitrogen and oxygen atoms in total. The van der Waals surface area contributed by atoms with E-state index >= 15 is 4.39 Å². The lowest BCUT2D eigenvalue weighted by Gasteiger charge is -2.14. The molecule has 0 radical (unpaired) electrons. The van der Waals surface area contributed by atoms with Crippen molar-refractivity contribution in [2.45, 2.75) is 39.0 Å². The van der Waals surface area contributed by atoms with Crippen molar-refractivity contribution in [1.82, 2.24) is 10.3 Å². The Kier molecular flexibility index (Phi) is 9.14. The number of nitrogens with zero attached hydrogens (tertiary/aromatic N) is 2. The zero-order chi connectivity index (χ0) is 29.6. The van der Waals surface area contributed by atoms with Crippen molar-refractivity contribution in [3.63, 3.8) is 0 Å². The number of amides is 2. The summed E-state index contributed by atoms with van der Waals surface area (Å²) in [4.78, 5) is 41.9.